The molecule has 0 aromatic carbocycles. The van der Waals surface area contributed by atoms with E-state index in [1.807, 2.05) is 6.07 Å². The summed E-state index contributed by atoms with van der Waals surface area (Å²) < 4.78 is 0. The molecule has 0 spiro atoms. The van der Waals surface area contributed by atoms with Crippen molar-refractivity contribution >= 4 is 11.5 Å². The summed E-state index contributed by atoms with van der Waals surface area (Å²) in [6.45, 7) is 11.2. The second-order valence-corrected chi connectivity index (χ2v) is 5.84. The quantitative estimate of drug-likeness (QED) is 0.555. The Kier molecular flexibility index (Phi) is 7.42. The number of hydrogen-bond donors (Lipinski definition) is 1. The summed E-state index contributed by atoms with van der Waals surface area (Å²) in [6.07, 6.45) is 2.21. The molecule has 0 aliphatic heterocycles. The fourth-order valence-electron chi connectivity index (χ4n) is 2.64. The van der Waals surface area contributed by atoms with Gasteiger partial charge in [0.15, 0.2) is 0 Å². The van der Waals surface area contributed by atoms with Crippen molar-refractivity contribution in [2.75, 3.05) is 25.0 Å². The molecule has 0 bridgehead atoms. The van der Waals surface area contributed by atoms with Gasteiger partial charge in [0.2, 0.25) is 0 Å². The highest BCUT2D eigenvalue weighted by molar-refractivity contribution is 5.55. The van der Waals surface area contributed by atoms with Crippen molar-refractivity contribution in [3.8, 4) is 6.07 Å². The van der Waals surface area contributed by atoms with Crippen LogP contribution in [-0.4, -0.2) is 40.5 Å². The molecular weight excluding hydrogens is 294 g/mol. The summed E-state index contributed by atoms with van der Waals surface area (Å²) in [7, 11) is 0. The summed E-state index contributed by atoms with van der Waals surface area (Å²) in [5.41, 5.74) is 0.0246. The van der Waals surface area contributed by atoms with Crippen LogP contribution >= 0.6 is 0 Å². The fraction of sp³-hybridized carbons (Fsp3) is 0.625. The maximum absolute atomic E-state index is 10.8. The monoisotopic (exact) mass is 319 g/mol. The largest absolute Gasteiger partial charge is 0.367 e. The lowest BCUT2D eigenvalue weighted by Crippen LogP contribution is -2.41. The lowest BCUT2D eigenvalue weighted by atomic mass is 10.0. The molecule has 1 aromatic rings. The summed E-state index contributed by atoms with van der Waals surface area (Å²) >= 11 is 0. The normalized spacial score (nSPS) is 12.2. The molecule has 1 heterocycles. The summed E-state index contributed by atoms with van der Waals surface area (Å²) in [6, 6.07) is 3.55. The first-order chi connectivity index (χ1) is 10.9. The SMILES string of the molecule is CCN(CC)C(CNc1ncc([N+](=O)[O-])cc1C#N)CC(C)C. The van der Waals surface area contributed by atoms with Crippen LogP contribution in [0.4, 0.5) is 11.5 Å². The van der Waals surface area contributed by atoms with Crippen LogP contribution in [0.2, 0.25) is 0 Å². The van der Waals surface area contributed by atoms with Crippen molar-refractivity contribution in [3.05, 3.63) is 27.9 Å². The van der Waals surface area contributed by atoms with E-state index < -0.39 is 4.92 Å². The highest BCUT2D eigenvalue weighted by atomic mass is 16.6. The van der Waals surface area contributed by atoms with Gasteiger partial charge >= 0.3 is 0 Å². The Balaban J connectivity index is 2.88. The second-order valence-electron chi connectivity index (χ2n) is 5.84. The van der Waals surface area contributed by atoms with Crippen LogP contribution in [0.1, 0.15) is 39.7 Å². The molecule has 23 heavy (non-hydrogen) atoms. The van der Waals surface area contributed by atoms with Gasteiger partial charge in [0.05, 0.1) is 4.92 Å². The fourth-order valence-corrected chi connectivity index (χ4v) is 2.64. The molecule has 7 heteroatoms. The molecule has 0 saturated heterocycles. The maximum Gasteiger partial charge on any atom is 0.289 e. The Morgan fingerprint density at radius 2 is 2.09 bits per heavy atom. The van der Waals surface area contributed by atoms with E-state index >= 15 is 0 Å². The minimum absolute atomic E-state index is 0.172. The van der Waals surface area contributed by atoms with Crippen molar-refractivity contribution in [2.45, 2.75) is 40.2 Å². The topological polar surface area (TPSA) is 95.1 Å². The predicted octanol–water partition coefficient (Wildman–Crippen LogP) is 3.03. The molecular formula is C16H25N5O2. The predicted molar refractivity (Wildman–Crippen MR) is 90.3 cm³/mol. The van der Waals surface area contributed by atoms with E-state index in [9.17, 15) is 15.4 Å². The molecule has 1 rings (SSSR count). The van der Waals surface area contributed by atoms with Gasteiger partial charge in [-0.15, -0.1) is 0 Å². The first-order valence-electron chi connectivity index (χ1n) is 7.95. The van der Waals surface area contributed by atoms with Crippen LogP contribution in [0.5, 0.6) is 0 Å². The van der Waals surface area contributed by atoms with Crippen LogP contribution in [0.3, 0.4) is 0 Å². The third-order valence-corrected chi connectivity index (χ3v) is 3.78. The third kappa shape index (κ3) is 5.49. The molecule has 1 N–H and O–H groups in total. The Labute approximate surface area is 137 Å². The van der Waals surface area contributed by atoms with Crippen molar-refractivity contribution in [2.24, 2.45) is 5.92 Å². The summed E-state index contributed by atoms with van der Waals surface area (Å²) in [5, 5.41) is 23.1. The van der Waals surface area contributed by atoms with Gasteiger partial charge in [0.25, 0.3) is 5.69 Å². The summed E-state index contributed by atoms with van der Waals surface area (Å²) in [4.78, 5) is 16.6. The third-order valence-electron chi connectivity index (χ3n) is 3.78. The van der Waals surface area contributed by atoms with Gasteiger partial charge in [0.1, 0.15) is 23.6 Å². The highest BCUT2D eigenvalue weighted by Gasteiger charge is 2.18. The molecule has 1 atom stereocenters. The zero-order chi connectivity index (χ0) is 17.4. The lowest BCUT2D eigenvalue weighted by molar-refractivity contribution is -0.385. The molecule has 0 fully saturated rings. The minimum Gasteiger partial charge on any atom is -0.367 e. The maximum atomic E-state index is 10.8. The number of pyridine rings is 1. The average molecular weight is 319 g/mol. The second kappa shape index (κ2) is 9.06. The van der Waals surface area contributed by atoms with Gasteiger partial charge in [-0.3, -0.25) is 15.0 Å². The number of rotatable bonds is 9. The number of nitro groups is 1. The Bertz CT molecular complexity index is 564. The van der Waals surface area contributed by atoms with E-state index in [1.54, 1.807) is 0 Å². The van der Waals surface area contributed by atoms with E-state index in [2.05, 4.69) is 42.9 Å². The van der Waals surface area contributed by atoms with Gasteiger partial charge in [0, 0.05) is 18.7 Å². The van der Waals surface area contributed by atoms with Crippen LogP contribution in [0.15, 0.2) is 12.3 Å². The number of aromatic nitrogens is 1. The van der Waals surface area contributed by atoms with E-state index in [0.717, 1.165) is 19.5 Å². The van der Waals surface area contributed by atoms with Crippen LogP contribution in [0.25, 0.3) is 0 Å². The Morgan fingerprint density at radius 1 is 1.43 bits per heavy atom. The molecule has 126 valence electrons. The zero-order valence-corrected chi connectivity index (χ0v) is 14.2. The van der Waals surface area contributed by atoms with E-state index in [0.29, 0.717) is 24.3 Å². The van der Waals surface area contributed by atoms with Crippen molar-refractivity contribution in [1.82, 2.24) is 9.88 Å². The number of likely N-dealkylation sites (N-methyl/N-ethyl adjacent to an activating group) is 1. The van der Waals surface area contributed by atoms with Gasteiger partial charge < -0.3 is 5.32 Å². The van der Waals surface area contributed by atoms with Gasteiger partial charge in [-0.2, -0.15) is 5.26 Å². The van der Waals surface area contributed by atoms with Gasteiger partial charge in [-0.1, -0.05) is 27.7 Å². The molecule has 0 aliphatic carbocycles. The standard InChI is InChI=1S/C16H25N5O2/c1-5-20(6-2)14(7-12(3)4)10-18-16-13(9-17)8-15(11-19-16)21(22)23/h8,11-12,14H,5-7,10H2,1-4H3,(H,18,19). The molecule has 1 aromatic heterocycles. The lowest BCUT2D eigenvalue weighted by Gasteiger charge is -2.31. The Hall–Kier alpha value is -2.20. The molecule has 7 nitrogen and oxygen atoms in total. The van der Waals surface area contributed by atoms with E-state index in [4.69, 9.17) is 0 Å². The first kappa shape index (κ1) is 18.8. The van der Waals surface area contributed by atoms with Crippen molar-refractivity contribution in [1.29, 1.82) is 5.26 Å². The van der Waals surface area contributed by atoms with Crippen molar-refractivity contribution in [3.63, 3.8) is 0 Å². The molecule has 0 saturated carbocycles. The Morgan fingerprint density at radius 3 is 2.57 bits per heavy atom. The molecule has 0 amide bonds. The van der Waals surface area contributed by atoms with Crippen LogP contribution in [0, 0.1) is 27.4 Å². The van der Waals surface area contributed by atoms with E-state index in [1.165, 1.54) is 12.3 Å². The number of nitriles is 1. The van der Waals surface area contributed by atoms with Gasteiger partial charge in [-0.05, 0) is 25.4 Å². The number of nitrogens with zero attached hydrogens (tertiary/aromatic N) is 4. The number of anilines is 1. The first-order valence-corrected chi connectivity index (χ1v) is 7.95. The van der Waals surface area contributed by atoms with E-state index in [-0.39, 0.29) is 11.3 Å². The minimum atomic E-state index is -0.547. The highest BCUT2D eigenvalue weighted by Crippen LogP contribution is 2.19. The average Bonchev–Trinajstić information content (AvgIpc) is 2.52. The zero-order valence-electron chi connectivity index (χ0n) is 14.2. The van der Waals surface area contributed by atoms with Crippen LogP contribution < -0.4 is 5.32 Å². The molecule has 1 unspecified atom stereocenters. The molecule has 0 radical (unpaired) electrons. The van der Waals surface area contributed by atoms with Crippen molar-refractivity contribution < 1.29 is 4.92 Å². The number of nitrogens with one attached hydrogen (secondary N) is 1. The number of hydrogen-bond acceptors (Lipinski definition) is 6. The van der Waals surface area contributed by atoms with Crippen LogP contribution in [-0.2, 0) is 0 Å². The molecule has 0 aliphatic rings. The van der Waals surface area contributed by atoms with Gasteiger partial charge in [-0.25, -0.2) is 4.98 Å². The smallest absolute Gasteiger partial charge is 0.289 e. The summed E-state index contributed by atoms with van der Waals surface area (Å²) in [5.74, 6) is 0.960.